The maximum absolute atomic E-state index is 12.2. The van der Waals surface area contributed by atoms with E-state index in [0.717, 1.165) is 48.6 Å². The van der Waals surface area contributed by atoms with Crippen LogP contribution in [-0.4, -0.2) is 26.1 Å². The van der Waals surface area contributed by atoms with Gasteiger partial charge in [-0.1, -0.05) is 66.9 Å². The van der Waals surface area contributed by atoms with Crippen LogP contribution in [0, 0.1) is 0 Å². The number of carbonyl (C=O) groups excluding carboxylic acids is 1. The first-order valence-corrected chi connectivity index (χ1v) is 11.6. The number of tetrazole rings is 1. The fourth-order valence-electron chi connectivity index (χ4n) is 4.30. The fourth-order valence-corrected chi connectivity index (χ4v) is 4.43. The third kappa shape index (κ3) is 5.72. The summed E-state index contributed by atoms with van der Waals surface area (Å²) in [6.07, 6.45) is 5.41. The highest BCUT2D eigenvalue weighted by molar-refractivity contribution is 6.30. The van der Waals surface area contributed by atoms with Crippen LogP contribution in [0.5, 0.6) is 0 Å². The number of benzene rings is 2. The molecule has 1 aliphatic carbocycles. The van der Waals surface area contributed by atoms with Crippen molar-refractivity contribution in [2.75, 3.05) is 0 Å². The van der Waals surface area contributed by atoms with Gasteiger partial charge in [-0.2, -0.15) is 0 Å². The normalized spacial score (nSPS) is 15.0. The number of rotatable bonds is 10. The Hall–Kier alpha value is -2.77. The fraction of sp³-hybridized carbons (Fsp3) is 0.417. The van der Waals surface area contributed by atoms with Crippen molar-refractivity contribution in [1.29, 1.82) is 0 Å². The van der Waals surface area contributed by atoms with Gasteiger partial charge in [0.05, 0.1) is 5.54 Å². The number of hydrogen-bond acceptors (Lipinski definition) is 5. The second-order valence-corrected chi connectivity index (χ2v) is 8.80. The van der Waals surface area contributed by atoms with Crippen LogP contribution < -0.4 is 10.6 Å². The van der Waals surface area contributed by atoms with Crippen LogP contribution in [0.1, 0.15) is 55.5 Å². The van der Waals surface area contributed by atoms with Gasteiger partial charge < -0.3 is 10.6 Å². The summed E-state index contributed by atoms with van der Waals surface area (Å²) in [5.41, 5.74) is 2.03. The third-order valence-electron chi connectivity index (χ3n) is 6.07. The second-order valence-electron chi connectivity index (χ2n) is 8.36. The highest BCUT2D eigenvalue weighted by atomic mass is 35.5. The molecule has 0 radical (unpaired) electrons. The molecule has 168 valence electrons. The molecule has 4 rings (SSSR count). The van der Waals surface area contributed by atoms with Gasteiger partial charge >= 0.3 is 0 Å². The number of amides is 1. The van der Waals surface area contributed by atoms with E-state index in [1.807, 2.05) is 59.3 Å². The first-order chi connectivity index (χ1) is 15.6. The summed E-state index contributed by atoms with van der Waals surface area (Å²) in [6, 6.07) is 17.8. The van der Waals surface area contributed by atoms with Gasteiger partial charge in [0, 0.05) is 31.1 Å². The van der Waals surface area contributed by atoms with Crippen LogP contribution in [0.3, 0.4) is 0 Å². The van der Waals surface area contributed by atoms with Gasteiger partial charge in [-0.25, -0.2) is 4.68 Å². The van der Waals surface area contributed by atoms with Crippen LogP contribution in [0.4, 0.5) is 0 Å². The standard InChI is InChI=1S/C24H29ClN6O/c25-21-12-10-20(11-13-21)18-27-24(14-4-5-15-24)23-28-29-30-31(23)16-6-9-22(32)26-17-19-7-2-1-3-8-19/h1-3,7-8,10-13,27H,4-6,9,14-18H2,(H,26,32). The molecule has 8 heteroatoms. The van der Waals surface area contributed by atoms with Gasteiger partial charge in [0.25, 0.3) is 0 Å². The Balaban J connectivity index is 1.32. The molecule has 1 saturated carbocycles. The maximum atomic E-state index is 12.2. The van der Waals surface area contributed by atoms with Gasteiger partial charge in [-0.05, 0) is 52.9 Å². The lowest BCUT2D eigenvalue weighted by molar-refractivity contribution is -0.121. The van der Waals surface area contributed by atoms with E-state index in [-0.39, 0.29) is 11.4 Å². The molecule has 0 atom stereocenters. The topological polar surface area (TPSA) is 84.7 Å². The molecule has 32 heavy (non-hydrogen) atoms. The molecule has 0 aliphatic heterocycles. The molecule has 2 aromatic carbocycles. The second kappa shape index (κ2) is 10.7. The van der Waals surface area contributed by atoms with E-state index in [4.69, 9.17) is 11.6 Å². The monoisotopic (exact) mass is 452 g/mol. The van der Waals surface area contributed by atoms with E-state index >= 15 is 0 Å². The molecule has 7 nitrogen and oxygen atoms in total. The molecule has 0 saturated heterocycles. The SMILES string of the molecule is O=C(CCCn1nnnc1C1(NCc2ccc(Cl)cc2)CCCC1)NCc1ccccc1. The minimum atomic E-state index is -0.237. The highest BCUT2D eigenvalue weighted by Crippen LogP contribution is 2.37. The van der Waals surface area contributed by atoms with E-state index in [1.54, 1.807) is 0 Å². The Kier molecular flexibility index (Phi) is 7.50. The predicted molar refractivity (Wildman–Crippen MR) is 124 cm³/mol. The van der Waals surface area contributed by atoms with Crippen molar-refractivity contribution >= 4 is 17.5 Å². The molecule has 0 spiro atoms. The van der Waals surface area contributed by atoms with Crippen LogP contribution >= 0.6 is 11.6 Å². The van der Waals surface area contributed by atoms with Crippen molar-refractivity contribution in [3.8, 4) is 0 Å². The number of hydrogen-bond donors (Lipinski definition) is 2. The summed E-state index contributed by atoms with van der Waals surface area (Å²) in [5.74, 6) is 0.911. The summed E-state index contributed by atoms with van der Waals surface area (Å²) in [7, 11) is 0. The van der Waals surface area contributed by atoms with E-state index in [1.165, 1.54) is 5.56 Å². The summed E-state index contributed by atoms with van der Waals surface area (Å²) < 4.78 is 1.87. The number of carbonyl (C=O) groups is 1. The Morgan fingerprint density at radius 2 is 1.72 bits per heavy atom. The smallest absolute Gasteiger partial charge is 0.220 e. The Labute approximate surface area is 193 Å². The maximum Gasteiger partial charge on any atom is 0.220 e. The lowest BCUT2D eigenvalue weighted by Crippen LogP contribution is -2.42. The van der Waals surface area contributed by atoms with E-state index in [9.17, 15) is 4.79 Å². The summed E-state index contributed by atoms with van der Waals surface area (Å²) in [5, 5.41) is 20.0. The number of halogens is 1. The molecule has 3 aromatic rings. The molecule has 0 bridgehead atoms. The Morgan fingerprint density at radius 3 is 2.47 bits per heavy atom. The van der Waals surface area contributed by atoms with Gasteiger partial charge in [0.1, 0.15) is 0 Å². The van der Waals surface area contributed by atoms with Gasteiger partial charge in [-0.3, -0.25) is 4.79 Å². The molecule has 1 aromatic heterocycles. The first kappa shape index (κ1) is 22.4. The molecule has 2 N–H and O–H groups in total. The summed E-state index contributed by atoms with van der Waals surface area (Å²) >= 11 is 6.01. The molecule has 0 unspecified atom stereocenters. The molecular weight excluding hydrogens is 424 g/mol. The first-order valence-electron chi connectivity index (χ1n) is 11.2. The quantitative estimate of drug-likeness (QED) is 0.486. The summed E-state index contributed by atoms with van der Waals surface area (Å²) in [4.78, 5) is 12.2. The molecule has 1 heterocycles. The van der Waals surface area contributed by atoms with Crippen LogP contribution in [0.25, 0.3) is 0 Å². The van der Waals surface area contributed by atoms with Crippen molar-refractivity contribution in [3.63, 3.8) is 0 Å². The van der Waals surface area contributed by atoms with E-state index in [0.29, 0.717) is 25.9 Å². The minimum absolute atomic E-state index is 0.0416. The van der Waals surface area contributed by atoms with Crippen molar-refractivity contribution in [2.45, 2.75) is 63.7 Å². The van der Waals surface area contributed by atoms with Crippen molar-refractivity contribution in [1.82, 2.24) is 30.8 Å². The Morgan fingerprint density at radius 1 is 1.00 bits per heavy atom. The molecular formula is C24H29ClN6O. The minimum Gasteiger partial charge on any atom is -0.352 e. The van der Waals surface area contributed by atoms with Crippen LogP contribution in [-0.2, 0) is 30.0 Å². The number of aromatic nitrogens is 4. The average molecular weight is 453 g/mol. The predicted octanol–water partition coefficient (Wildman–Crippen LogP) is 3.98. The highest BCUT2D eigenvalue weighted by Gasteiger charge is 2.39. The molecule has 1 amide bonds. The molecule has 1 aliphatic rings. The van der Waals surface area contributed by atoms with Gasteiger partial charge in [0.15, 0.2) is 5.82 Å². The van der Waals surface area contributed by atoms with E-state index in [2.05, 4.69) is 26.2 Å². The lowest BCUT2D eigenvalue weighted by atomic mass is 9.95. The van der Waals surface area contributed by atoms with Crippen LogP contribution in [0.2, 0.25) is 5.02 Å². The third-order valence-corrected chi connectivity index (χ3v) is 6.32. The summed E-state index contributed by atoms with van der Waals surface area (Å²) in [6.45, 7) is 1.89. The van der Waals surface area contributed by atoms with Crippen LogP contribution in [0.15, 0.2) is 54.6 Å². The van der Waals surface area contributed by atoms with E-state index < -0.39 is 0 Å². The number of aryl methyl sites for hydroxylation is 1. The lowest BCUT2D eigenvalue weighted by Gasteiger charge is -2.29. The zero-order chi connectivity index (χ0) is 22.2. The number of nitrogens with zero attached hydrogens (tertiary/aromatic N) is 4. The zero-order valence-corrected chi connectivity index (χ0v) is 18.9. The van der Waals surface area contributed by atoms with Crippen molar-refractivity contribution < 1.29 is 4.79 Å². The van der Waals surface area contributed by atoms with Crippen molar-refractivity contribution in [3.05, 3.63) is 76.6 Å². The van der Waals surface area contributed by atoms with Gasteiger partial charge in [-0.15, -0.1) is 5.10 Å². The average Bonchev–Trinajstić information content (AvgIpc) is 3.48. The zero-order valence-electron chi connectivity index (χ0n) is 18.1. The van der Waals surface area contributed by atoms with Gasteiger partial charge in [0.2, 0.25) is 5.91 Å². The van der Waals surface area contributed by atoms with Crippen molar-refractivity contribution in [2.24, 2.45) is 0 Å². The number of nitrogens with one attached hydrogen (secondary N) is 2. The Bertz CT molecular complexity index is 999. The molecule has 1 fully saturated rings. The largest absolute Gasteiger partial charge is 0.352 e.